The van der Waals surface area contributed by atoms with Crippen LogP contribution in [0.5, 0.6) is 5.75 Å². The van der Waals surface area contributed by atoms with Gasteiger partial charge in [-0.25, -0.2) is 8.42 Å². The molecule has 1 N–H and O–H groups in total. The molecule has 158 valence electrons. The summed E-state index contributed by atoms with van der Waals surface area (Å²) in [5, 5.41) is 7.17. The van der Waals surface area contributed by atoms with Crippen LogP contribution in [-0.2, 0) is 26.1 Å². The van der Waals surface area contributed by atoms with Crippen LogP contribution in [-0.4, -0.2) is 61.8 Å². The zero-order valence-electron chi connectivity index (χ0n) is 16.8. The second-order valence-corrected chi connectivity index (χ2v) is 8.64. The highest BCUT2D eigenvalue weighted by Gasteiger charge is 2.32. The number of amides is 1. The number of hydrogen-bond acceptors (Lipinski definition) is 6. The van der Waals surface area contributed by atoms with E-state index in [2.05, 4.69) is 10.4 Å². The van der Waals surface area contributed by atoms with E-state index in [9.17, 15) is 13.2 Å². The van der Waals surface area contributed by atoms with Gasteiger partial charge >= 0.3 is 0 Å². The summed E-state index contributed by atoms with van der Waals surface area (Å²) in [6.45, 7) is 5.10. The van der Waals surface area contributed by atoms with Crippen LogP contribution in [0.2, 0.25) is 0 Å². The van der Waals surface area contributed by atoms with Crippen molar-refractivity contribution >= 4 is 21.6 Å². The Kier molecular flexibility index (Phi) is 6.56. The fourth-order valence-electron chi connectivity index (χ4n) is 3.32. The predicted octanol–water partition coefficient (Wildman–Crippen LogP) is 1.56. The molecule has 0 atom stereocenters. The summed E-state index contributed by atoms with van der Waals surface area (Å²) in [6.07, 6.45) is 0.163. The number of hydrogen-bond donors (Lipinski definition) is 1. The number of benzene rings is 1. The molecular weight excluding hydrogens is 396 g/mol. The number of ether oxygens (including phenoxy) is 2. The Morgan fingerprint density at radius 1 is 1.28 bits per heavy atom. The van der Waals surface area contributed by atoms with Crippen molar-refractivity contribution in [2.75, 3.05) is 38.7 Å². The maximum atomic E-state index is 13.0. The number of nitrogens with one attached hydrogen (secondary N) is 1. The predicted molar refractivity (Wildman–Crippen MR) is 108 cm³/mol. The summed E-state index contributed by atoms with van der Waals surface area (Å²) in [5.41, 5.74) is 1.60. The lowest BCUT2D eigenvalue weighted by Crippen LogP contribution is -2.41. The number of morpholine rings is 1. The molecule has 2 heterocycles. The Bertz CT molecular complexity index is 980. The number of anilines is 1. The molecular formula is C19H26N4O5S. The fraction of sp³-hybridized carbons (Fsp3) is 0.474. The van der Waals surface area contributed by atoms with Crippen LogP contribution < -0.4 is 10.1 Å². The van der Waals surface area contributed by atoms with Crippen LogP contribution >= 0.6 is 0 Å². The smallest absolute Gasteiger partial charge is 0.246 e. The molecule has 0 spiro atoms. The number of aryl methyl sites for hydroxylation is 2. The second kappa shape index (κ2) is 8.93. The third-order valence-electron chi connectivity index (χ3n) is 4.79. The van der Waals surface area contributed by atoms with Crippen LogP contribution in [0, 0.1) is 13.8 Å². The van der Waals surface area contributed by atoms with Gasteiger partial charge < -0.3 is 14.8 Å². The van der Waals surface area contributed by atoms with Crippen molar-refractivity contribution in [3.8, 4) is 5.75 Å². The minimum absolute atomic E-state index is 0.163. The molecule has 3 rings (SSSR count). The van der Waals surface area contributed by atoms with Gasteiger partial charge in [0.1, 0.15) is 10.6 Å². The molecule has 0 radical (unpaired) electrons. The minimum Gasteiger partial charge on any atom is -0.497 e. The van der Waals surface area contributed by atoms with Gasteiger partial charge in [-0.05, 0) is 26.0 Å². The molecule has 0 saturated carbocycles. The number of sulfonamides is 1. The summed E-state index contributed by atoms with van der Waals surface area (Å²) in [6, 6.07) is 7.09. The molecule has 10 heteroatoms. The lowest BCUT2D eigenvalue weighted by atomic mass is 10.3. The Balaban J connectivity index is 1.69. The van der Waals surface area contributed by atoms with Crippen LogP contribution in [0.1, 0.15) is 17.8 Å². The molecule has 0 bridgehead atoms. The van der Waals surface area contributed by atoms with Crippen molar-refractivity contribution in [1.82, 2.24) is 14.1 Å². The van der Waals surface area contributed by atoms with E-state index in [1.807, 2.05) is 0 Å². The first-order chi connectivity index (χ1) is 13.8. The summed E-state index contributed by atoms with van der Waals surface area (Å²) in [5.74, 6) is 0.461. The van der Waals surface area contributed by atoms with Crippen molar-refractivity contribution in [2.45, 2.75) is 31.7 Å². The van der Waals surface area contributed by atoms with Gasteiger partial charge in [-0.15, -0.1) is 0 Å². The zero-order valence-corrected chi connectivity index (χ0v) is 17.7. The maximum Gasteiger partial charge on any atom is 0.246 e. The molecule has 1 amide bonds. The van der Waals surface area contributed by atoms with Crippen molar-refractivity contribution in [3.63, 3.8) is 0 Å². The first-order valence-electron chi connectivity index (χ1n) is 9.38. The molecule has 1 fully saturated rings. The Morgan fingerprint density at radius 2 is 2.00 bits per heavy atom. The van der Waals surface area contributed by atoms with E-state index in [1.165, 1.54) is 4.31 Å². The molecule has 9 nitrogen and oxygen atoms in total. The molecule has 0 aliphatic carbocycles. The average Bonchev–Trinajstić information content (AvgIpc) is 3.01. The molecule has 1 aromatic carbocycles. The van der Waals surface area contributed by atoms with Gasteiger partial charge in [0.2, 0.25) is 15.9 Å². The zero-order chi connectivity index (χ0) is 21.0. The summed E-state index contributed by atoms with van der Waals surface area (Å²) < 4.78 is 39.4. The lowest BCUT2D eigenvalue weighted by molar-refractivity contribution is -0.116. The number of carbonyl (C=O) groups excluding carboxylic acids is 1. The molecule has 2 aromatic rings. The van der Waals surface area contributed by atoms with Crippen molar-refractivity contribution in [1.29, 1.82) is 0 Å². The van der Waals surface area contributed by atoms with Crippen LogP contribution in [0.4, 0.5) is 5.69 Å². The van der Waals surface area contributed by atoms with Crippen LogP contribution in [0.25, 0.3) is 0 Å². The van der Waals surface area contributed by atoms with Gasteiger partial charge in [0, 0.05) is 31.3 Å². The van der Waals surface area contributed by atoms with Crippen LogP contribution in [0.15, 0.2) is 29.2 Å². The molecule has 1 aliphatic rings. The third kappa shape index (κ3) is 4.77. The van der Waals surface area contributed by atoms with E-state index >= 15 is 0 Å². The van der Waals surface area contributed by atoms with E-state index in [-0.39, 0.29) is 23.8 Å². The number of carbonyl (C=O) groups is 1. The summed E-state index contributed by atoms with van der Waals surface area (Å²) in [4.78, 5) is 12.5. The number of aromatic nitrogens is 2. The fourth-order valence-corrected chi connectivity index (χ4v) is 5.10. The SMILES string of the molecule is COc1cccc(NC(=O)CCn2nc(C)c(S(=O)(=O)N3CCOCC3)c2C)c1. The Hall–Kier alpha value is -2.43. The van der Waals surface area contributed by atoms with Gasteiger partial charge in [0.25, 0.3) is 0 Å². The topological polar surface area (TPSA) is 103 Å². The minimum atomic E-state index is -3.64. The summed E-state index contributed by atoms with van der Waals surface area (Å²) >= 11 is 0. The average molecular weight is 423 g/mol. The quantitative estimate of drug-likeness (QED) is 0.726. The molecule has 0 unspecified atom stereocenters. The van der Waals surface area contributed by atoms with Gasteiger partial charge in [-0.1, -0.05) is 6.07 Å². The highest BCUT2D eigenvalue weighted by molar-refractivity contribution is 7.89. The summed E-state index contributed by atoms with van der Waals surface area (Å²) in [7, 11) is -2.08. The Morgan fingerprint density at radius 3 is 2.69 bits per heavy atom. The van der Waals surface area contributed by atoms with Crippen LogP contribution in [0.3, 0.4) is 0 Å². The molecule has 1 aromatic heterocycles. The molecule has 1 aliphatic heterocycles. The monoisotopic (exact) mass is 422 g/mol. The number of rotatable bonds is 7. The van der Waals surface area contributed by atoms with Gasteiger partial charge in [0.15, 0.2) is 0 Å². The van der Waals surface area contributed by atoms with Crippen molar-refractivity contribution in [2.24, 2.45) is 0 Å². The third-order valence-corrected chi connectivity index (χ3v) is 6.94. The van der Waals surface area contributed by atoms with Crippen molar-refractivity contribution in [3.05, 3.63) is 35.7 Å². The van der Waals surface area contributed by atoms with E-state index < -0.39 is 10.0 Å². The van der Waals surface area contributed by atoms with Gasteiger partial charge in [-0.3, -0.25) is 9.48 Å². The standard InChI is InChI=1S/C19H26N4O5S/c1-14-19(29(25,26)22-9-11-28-12-10-22)15(2)23(21-14)8-7-18(24)20-16-5-4-6-17(13-16)27-3/h4-6,13H,7-12H2,1-3H3,(H,20,24). The number of nitrogens with zero attached hydrogens (tertiary/aromatic N) is 3. The first-order valence-corrected chi connectivity index (χ1v) is 10.8. The number of methoxy groups -OCH3 is 1. The van der Waals surface area contributed by atoms with E-state index in [1.54, 1.807) is 49.9 Å². The molecule has 29 heavy (non-hydrogen) atoms. The lowest BCUT2D eigenvalue weighted by Gasteiger charge is -2.26. The highest BCUT2D eigenvalue weighted by Crippen LogP contribution is 2.24. The van der Waals surface area contributed by atoms with Gasteiger partial charge in [0.05, 0.1) is 38.3 Å². The van der Waals surface area contributed by atoms with E-state index in [0.717, 1.165) is 0 Å². The highest BCUT2D eigenvalue weighted by atomic mass is 32.2. The van der Waals surface area contributed by atoms with Gasteiger partial charge in [-0.2, -0.15) is 9.40 Å². The van der Waals surface area contributed by atoms with E-state index in [4.69, 9.17) is 9.47 Å². The largest absolute Gasteiger partial charge is 0.497 e. The van der Waals surface area contributed by atoms with Crippen molar-refractivity contribution < 1.29 is 22.7 Å². The maximum absolute atomic E-state index is 13.0. The Labute approximate surface area is 170 Å². The molecule has 1 saturated heterocycles. The normalized spacial score (nSPS) is 15.3. The second-order valence-electron chi connectivity index (χ2n) is 6.77. The first kappa shape index (κ1) is 21.3. The van der Waals surface area contributed by atoms with E-state index in [0.29, 0.717) is 49.1 Å².